The van der Waals surface area contributed by atoms with Crippen LogP contribution in [0.5, 0.6) is 0 Å². The number of amides is 1. The molecule has 0 spiro atoms. The summed E-state index contributed by atoms with van der Waals surface area (Å²) in [6.45, 7) is 1.38. The number of carbonyl (C=O) groups excluding carboxylic acids is 1. The molecule has 1 saturated heterocycles. The monoisotopic (exact) mass is 396 g/mol. The molecule has 0 aliphatic carbocycles. The molecule has 7 nitrogen and oxygen atoms in total. The van der Waals surface area contributed by atoms with Crippen molar-refractivity contribution in [2.24, 2.45) is 0 Å². The molecule has 0 N–H and O–H groups in total. The van der Waals surface area contributed by atoms with Crippen LogP contribution in [0.2, 0.25) is 0 Å². The number of fused-ring (bicyclic) bond motifs is 1. The highest BCUT2D eigenvalue weighted by molar-refractivity contribution is 5.92. The van der Waals surface area contributed by atoms with Gasteiger partial charge in [0.25, 0.3) is 5.91 Å². The van der Waals surface area contributed by atoms with E-state index in [1.165, 1.54) is 6.20 Å². The normalized spacial score (nSPS) is 14.7. The lowest BCUT2D eigenvalue weighted by molar-refractivity contribution is 0.0705. The molecule has 7 heteroatoms. The third kappa shape index (κ3) is 3.61. The lowest BCUT2D eigenvalue weighted by atomic mass is 9.92. The third-order valence-corrected chi connectivity index (χ3v) is 5.56. The van der Waals surface area contributed by atoms with E-state index in [2.05, 4.69) is 38.1 Å². The SMILES string of the molecule is O=C(c1cnccn1)N1CCC(c2ccc3cc(-c4ccncc4)cnc3n2)CC1. The van der Waals surface area contributed by atoms with Crippen molar-refractivity contribution in [2.45, 2.75) is 18.8 Å². The number of piperidine rings is 1. The van der Waals surface area contributed by atoms with Gasteiger partial charge in [-0.05, 0) is 48.7 Å². The molecule has 0 saturated carbocycles. The van der Waals surface area contributed by atoms with E-state index in [0.717, 1.165) is 40.7 Å². The van der Waals surface area contributed by atoms with Gasteiger partial charge >= 0.3 is 0 Å². The minimum atomic E-state index is -0.0571. The maximum atomic E-state index is 12.6. The van der Waals surface area contributed by atoms with Crippen LogP contribution >= 0.6 is 0 Å². The molecular formula is C23H20N6O. The Morgan fingerprint density at radius 3 is 2.47 bits per heavy atom. The molecular weight excluding hydrogens is 376 g/mol. The Hall–Kier alpha value is -3.74. The Bertz CT molecular complexity index is 1170. The minimum Gasteiger partial charge on any atom is -0.337 e. The highest BCUT2D eigenvalue weighted by Gasteiger charge is 2.26. The summed E-state index contributed by atoms with van der Waals surface area (Å²) in [4.78, 5) is 36.0. The number of nitrogens with zero attached hydrogens (tertiary/aromatic N) is 6. The molecule has 5 rings (SSSR count). The first kappa shape index (κ1) is 18.3. The number of aromatic nitrogens is 5. The molecule has 30 heavy (non-hydrogen) atoms. The number of rotatable bonds is 3. The molecule has 0 bridgehead atoms. The maximum absolute atomic E-state index is 12.6. The van der Waals surface area contributed by atoms with E-state index in [1.807, 2.05) is 23.2 Å². The van der Waals surface area contributed by atoms with Gasteiger partial charge in [-0.2, -0.15) is 0 Å². The summed E-state index contributed by atoms with van der Waals surface area (Å²) < 4.78 is 0. The highest BCUT2D eigenvalue weighted by atomic mass is 16.2. The van der Waals surface area contributed by atoms with E-state index in [4.69, 9.17) is 4.98 Å². The first-order valence-electron chi connectivity index (χ1n) is 10.0. The molecule has 0 aromatic carbocycles. The van der Waals surface area contributed by atoms with Gasteiger partial charge in [-0.1, -0.05) is 0 Å². The molecule has 0 unspecified atom stereocenters. The molecule has 1 aliphatic heterocycles. The number of pyridine rings is 3. The fourth-order valence-corrected chi connectivity index (χ4v) is 3.90. The largest absolute Gasteiger partial charge is 0.337 e. The van der Waals surface area contributed by atoms with Crippen molar-refractivity contribution in [1.82, 2.24) is 29.8 Å². The zero-order chi connectivity index (χ0) is 20.3. The molecule has 1 aliphatic rings. The van der Waals surface area contributed by atoms with Crippen LogP contribution in [0, 0.1) is 0 Å². The fraction of sp³-hybridized carbons (Fsp3) is 0.217. The number of hydrogen-bond acceptors (Lipinski definition) is 6. The van der Waals surface area contributed by atoms with Crippen LogP contribution in [0.4, 0.5) is 0 Å². The lowest BCUT2D eigenvalue weighted by Crippen LogP contribution is -2.38. The van der Waals surface area contributed by atoms with E-state index >= 15 is 0 Å². The zero-order valence-corrected chi connectivity index (χ0v) is 16.3. The number of likely N-dealkylation sites (tertiary alicyclic amines) is 1. The van der Waals surface area contributed by atoms with Crippen LogP contribution in [-0.4, -0.2) is 48.8 Å². The van der Waals surface area contributed by atoms with Gasteiger partial charge in [0.1, 0.15) is 5.69 Å². The van der Waals surface area contributed by atoms with Gasteiger partial charge in [0.05, 0.1) is 6.20 Å². The second-order valence-electron chi connectivity index (χ2n) is 7.40. The van der Waals surface area contributed by atoms with E-state index < -0.39 is 0 Å². The third-order valence-electron chi connectivity index (χ3n) is 5.56. The van der Waals surface area contributed by atoms with Crippen LogP contribution in [0.25, 0.3) is 22.2 Å². The average Bonchev–Trinajstić information content (AvgIpc) is 2.84. The van der Waals surface area contributed by atoms with E-state index in [0.29, 0.717) is 24.7 Å². The Balaban J connectivity index is 1.30. The molecule has 1 amide bonds. The van der Waals surface area contributed by atoms with Crippen molar-refractivity contribution < 1.29 is 4.79 Å². The predicted octanol–water partition coefficient (Wildman–Crippen LogP) is 3.50. The summed E-state index contributed by atoms with van der Waals surface area (Å²) in [6.07, 6.45) is 11.8. The van der Waals surface area contributed by atoms with Gasteiger partial charge in [0.2, 0.25) is 0 Å². The fourth-order valence-electron chi connectivity index (χ4n) is 3.90. The summed E-state index contributed by atoms with van der Waals surface area (Å²) >= 11 is 0. The van der Waals surface area contributed by atoms with Crippen molar-refractivity contribution in [3.8, 4) is 11.1 Å². The number of carbonyl (C=O) groups is 1. The van der Waals surface area contributed by atoms with Crippen molar-refractivity contribution in [3.63, 3.8) is 0 Å². The van der Waals surface area contributed by atoms with Crippen molar-refractivity contribution in [1.29, 1.82) is 0 Å². The summed E-state index contributed by atoms with van der Waals surface area (Å²) in [5.74, 6) is 0.264. The van der Waals surface area contributed by atoms with E-state index in [1.54, 1.807) is 24.8 Å². The highest BCUT2D eigenvalue weighted by Crippen LogP contribution is 2.29. The van der Waals surface area contributed by atoms with Gasteiger partial charge in [0.15, 0.2) is 5.65 Å². The first-order valence-corrected chi connectivity index (χ1v) is 10.0. The van der Waals surface area contributed by atoms with E-state index in [-0.39, 0.29) is 5.91 Å². The molecule has 5 heterocycles. The Morgan fingerprint density at radius 2 is 1.70 bits per heavy atom. The van der Waals surface area contributed by atoms with Crippen LogP contribution in [0.1, 0.15) is 34.9 Å². The van der Waals surface area contributed by atoms with Crippen LogP contribution in [0.15, 0.2) is 67.5 Å². The van der Waals surface area contributed by atoms with Crippen molar-refractivity contribution >= 4 is 16.9 Å². The Kier molecular flexibility index (Phi) is 4.85. The van der Waals surface area contributed by atoms with Gasteiger partial charge in [-0.15, -0.1) is 0 Å². The first-order chi connectivity index (χ1) is 14.8. The molecule has 4 aromatic heterocycles. The molecule has 0 atom stereocenters. The standard InChI is InChI=1S/C23H20N6O/c30-23(21-15-25-9-10-26-21)29-11-5-17(6-12-29)20-2-1-18-13-19(14-27-22(18)28-20)16-3-7-24-8-4-16/h1-4,7-10,13-15,17H,5-6,11-12H2. The van der Waals surface area contributed by atoms with Gasteiger partial charge in [-0.25, -0.2) is 15.0 Å². The Labute approximate surface area is 173 Å². The summed E-state index contributed by atoms with van der Waals surface area (Å²) in [5.41, 5.74) is 4.33. The van der Waals surface area contributed by atoms with Crippen LogP contribution in [-0.2, 0) is 0 Å². The maximum Gasteiger partial charge on any atom is 0.274 e. The summed E-state index contributed by atoms with van der Waals surface area (Å²) in [6, 6.07) is 10.2. The quantitative estimate of drug-likeness (QED) is 0.527. The van der Waals surface area contributed by atoms with Gasteiger partial charge in [-0.3, -0.25) is 14.8 Å². The summed E-state index contributed by atoms with van der Waals surface area (Å²) in [7, 11) is 0. The zero-order valence-electron chi connectivity index (χ0n) is 16.3. The average molecular weight is 396 g/mol. The Morgan fingerprint density at radius 1 is 0.867 bits per heavy atom. The smallest absolute Gasteiger partial charge is 0.274 e. The van der Waals surface area contributed by atoms with Crippen LogP contribution in [0.3, 0.4) is 0 Å². The van der Waals surface area contributed by atoms with Gasteiger partial charge < -0.3 is 4.90 Å². The summed E-state index contributed by atoms with van der Waals surface area (Å²) in [5, 5.41) is 1.02. The van der Waals surface area contributed by atoms with Crippen molar-refractivity contribution in [3.05, 3.63) is 78.9 Å². The second-order valence-corrected chi connectivity index (χ2v) is 7.40. The van der Waals surface area contributed by atoms with Crippen molar-refractivity contribution in [2.75, 3.05) is 13.1 Å². The predicted molar refractivity (Wildman–Crippen MR) is 113 cm³/mol. The van der Waals surface area contributed by atoms with Gasteiger partial charge in [0, 0.05) is 66.6 Å². The molecule has 4 aromatic rings. The molecule has 0 radical (unpaired) electrons. The second kappa shape index (κ2) is 7.94. The van der Waals surface area contributed by atoms with Crippen LogP contribution < -0.4 is 0 Å². The van der Waals surface area contributed by atoms with E-state index in [9.17, 15) is 4.79 Å². The lowest BCUT2D eigenvalue weighted by Gasteiger charge is -2.31. The molecule has 148 valence electrons. The topological polar surface area (TPSA) is 84.8 Å². The number of hydrogen-bond donors (Lipinski definition) is 0. The minimum absolute atomic E-state index is 0.0571. The molecule has 1 fully saturated rings.